The number of nitrogens with zero attached hydrogens (tertiary/aromatic N) is 1. The number of amides is 2. The van der Waals surface area contributed by atoms with Crippen LogP contribution in [0.5, 0.6) is 11.5 Å². The number of ether oxygens (including phenoxy) is 2. The summed E-state index contributed by atoms with van der Waals surface area (Å²) in [5, 5.41) is 6.70. The number of nitrogens with one attached hydrogen (secondary N) is 2. The van der Waals surface area contributed by atoms with Gasteiger partial charge < -0.3 is 14.8 Å². The van der Waals surface area contributed by atoms with Crippen LogP contribution in [0.3, 0.4) is 0 Å². The molecule has 3 aromatic carbocycles. The molecule has 35 heavy (non-hydrogen) atoms. The third-order valence-electron chi connectivity index (χ3n) is 4.85. The van der Waals surface area contributed by atoms with Crippen LogP contribution in [0.2, 0.25) is 0 Å². The standard InChI is InChI=1S/C25H22Br3N3O4/c1-15(24(32)30-21-6-4-3-5-19(21)27)25(33)31-29-13-17-11-20(28)23(22(12-17)34-2)35-14-16-7-9-18(26)10-8-16/h3-13,15H,14H2,1-2H3,(H,30,32)(H,31,33). The van der Waals surface area contributed by atoms with Crippen molar-refractivity contribution < 1.29 is 19.1 Å². The zero-order valence-electron chi connectivity index (χ0n) is 18.8. The topological polar surface area (TPSA) is 89.0 Å². The summed E-state index contributed by atoms with van der Waals surface area (Å²) in [6.45, 7) is 1.87. The van der Waals surface area contributed by atoms with Gasteiger partial charge in [-0.1, -0.05) is 40.2 Å². The second kappa shape index (κ2) is 12.9. The molecule has 0 spiro atoms. The number of halogens is 3. The van der Waals surface area contributed by atoms with E-state index in [-0.39, 0.29) is 0 Å². The molecule has 0 aliphatic carbocycles. The van der Waals surface area contributed by atoms with Crippen molar-refractivity contribution in [3.63, 3.8) is 0 Å². The fourth-order valence-electron chi connectivity index (χ4n) is 2.88. The fourth-order valence-corrected chi connectivity index (χ4v) is 4.10. The Kier molecular flexibility index (Phi) is 9.88. The molecule has 3 rings (SSSR count). The second-order valence-corrected chi connectivity index (χ2v) is 10.00. The van der Waals surface area contributed by atoms with Crippen LogP contribution < -0.4 is 20.2 Å². The van der Waals surface area contributed by atoms with E-state index in [4.69, 9.17) is 9.47 Å². The number of hydrazone groups is 1. The van der Waals surface area contributed by atoms with E-state index in [1.165, 1.54) is 13.1 Å². The molecule has 182 valence electrons. The van der Waals surface area contributed by atoms with Gasteiger partial charge in [0.25, 0.3) is 5.91 Å². The summed E-state index contributed by atoms with van der Waals surface area (Å²) in [7, 11) is 1.54. The van der Waals surface area contributed by atoms with Gasteiger partial charge in [0.15, 0.2) is 11.5 Å². The van der Waals surface area contributed by atoms with Gasteiger partial charge in [-0.15, -0.1) is 0 Å². The van der Waals surface area contributed by atoms with Crippen molar-refractivity contribution in [2.45, 2.75) is 13.5 Å². The van der Waals surface area contributed by atoms with Crippen molar-refractivity contribution in [2.24, 2.45) is 11.0 Å². The molecule has 0 heterocycles. The number of methoxy groups -OCH3 is 1. The Labute approximate surface area is 228 Å². The summed E-state index contributed by atoms with van der Waals surface area (Å²) in [6, 6.07) is 18.5. The Bertz CT molecular complexity index is 1230. The molecule has 1 unspecified atom stereocenters. The zero-order valence-corrected chi connectivity index (χ0v) is 23.6. The van der Waals surface area contributed by atoms with Gasteiger partial charge in [0.2, 0.25) is 5.91 Å². The van der Waals surface area contributed by atoms with E-state index >= 15 is 0 Å². The van der Waals surface area contributed by atoms with Crippen LogP contribution in [0.4, 0.5) is 5.69 Å². The highest BCUT2D eigenvalue weighted by Crippen LogP contribution is 2.37. The van der Waals surface area contributed by atoms with Crippen molar-refractivity contribution in [1.82, 2.24) is 5.43 Å². The smallest absolute Gasteiger partial charge is 0.252 e. The highest BCUT2D eigenvalue weighted by molar-refractivity contribution is 9.11. The van der Waals surface area contributed by atoms with Crippen LogP contribution in [0.15, 0.2) is 79.2 Å². The minimum Gasteiger partial charge on any atom is -0.493 e. The normalized spacial score (nSPS) is 11.7. The number of benzene rings is 3. The highest BCUT2D eigenvalue weighted by atomic mass is 79.9. The Morgan fingerprint density at radius 1 is 1.00 bits per heavy atom. The van der Waals surface area contributed by atoms with E-state index in [2.05, 4.69) is 63.6 Å². The first kappa shape index (κ1) is 26.9. The third kappa shape index (κ3) is 7.65. The molecule has 7 nitrogen and oxygen atoms in total. The van der Waals surface area contributed by atoms with Crippen LogP contribution >= 0.6 is 47.8 Å². The minimum atomic E-state index is -0.949. The van der Waals surface area contributed by atoms with Crippen LogP contribution in [0, 0.1) is 5.92 Å². The first-order chi connectivity index (χ1) is 16.8. The molecule has 2 N–H and O–H groups in total. The van der Waals surface area contributed by atoms with E-state index < -0.39 is 17.7 Å². The zero-order chi connectivity index (χ0) is 25.4. The lowest BCUT2D eigenvalue weighted by molar-refractivity contribution is -0.131. The quantitative estimate of drug-likeness (QED) is 0.160. The number of hydrogen-bond acceptors (Lipinski definition) is 5. The summed E-state index contributed by atoms with van der Waals surface area (Å²) < 4.78 is 13.8. The van der Waals surface area contributed by atoms with Gasteiger partial charge in [-0.25, -0.2) is 5.43 Å². The lowest BCUT2D eigenvalue weighted by Gasteiger charge is -2.14. The Morgan fingerprint density at radius 3 is 2.40 bits per heavy atom. The molecule has 0 aromatic heterocycles. The maximum absolute atomic E-state index is 12.4. The predicted octanol–water partition coefficient (Wildman–Crippen LogP) is 6.29. The molecule has 2 amide bonds. The Balaban J connectivity index is 1.61. The van der Waals surface area contributed by atoms with Gasteiger partial charge in [-0.05, 0) is 86.3 Å². The van der Waals surface area contributed by atoms with Crippen molar-refractivity contribution in [3.05, 3.63) is 85.2 Å². The first-order valence-corrected chi connectivity index (χ1v) is 12.8. The molecule has 0 saturated carbocycles. The van der Waals surface area contributed by atoms with Gasteiger partial charge >= 0.3 is 0 Å². The highest BCUT2D eigenvalue weighted by Gasteiger charge is 2.22. The van der Waals surface area contributed by atoms with Crippen LogP contribution in [-0.4, -0.2) is 25.1 Å². The van der Waals surface area contributed by atoms with E-state index in [9.17, 15) is 9.59 Å². The number of carbonyl (C=O) groups excluding carboxylic acids is 2. The van der Waals surface area contributed by atoms with E-state index in [1.807, 2.05) is 30.3 Å². The average Bonchev–Trinajstić information content (AvgIpc) is 2.84. The van der Waals surface area contributed by atoms with Gasteiger partial charge in [-0.2, -0.15) is 5.10 Å². The lowest BCUT2D eigenvalue weighted by atomic mass is 10.1. The van der Waals surface area contributed by atoms with Gasteiger partial charge in [0.05, 0.1) is 23.5 Å². The van der Waals surface area contributed by atoms with Crippen LogP contribution in [-0.2, 0) is 16.2 Å². The van der Waals surface area contributed by atoms with Crippen molar-refractivity contribution in [3.8, 4) is 11.5 Å². The molecule has 0 bridgehead atoms. The minimum absolute atomic E-state index is 0.366. The molecule has 0 fully saturated rings. The van der Waals surface area contributed by atoms with Crippen molar-refractivity contribution >= 4 is 71.5 Å². The van der Waals surface area contributed by atoms with Gasteiger partial charge in [0, 0.05) is 8.95 Å². The largest absolute Gasteiger partial charge is 0.493 e. The maximum Gasteiger partial charge on any atom is 0.252 e. The SMILES string of the molecule is COc1cc(C=NNC(=O)C(C)C(=O)Nc2ccccc2Br)cc(Br)c1OCc1ccc(Br)cc1. The Morgan fingerprint density at radius 2 is 1.71 bits per heavy atom. The summed E-state index contributed by atoms with van der Waals surface area (Å²) in [6.07, 6.45) is 1.46. The van der Waals surface area contributed by atoms with Crippen LogP contribution in [0.1, 0.15) is 18.1 Å². The molecular weight excluding hydrogens is 646 g/mol. The average molecular weight is 668 g/mol. The number of para-hydroxylation sites is 1. The number of rotatable bonds is 9. The number of carbonyl (C=O) groups is 2. The molecular formula is C25H22Br3N3O4. The lowest BCUT2D eigenvalue weighted by Crippen LogP contribution is -2.34. The first-order valence-electron chi connectivity index (χ1n) is 10.4. The fraction of sp³-hybridized carbons (Fsp3) is 0.160. The maximum atomic E-state index is 12.4. The predicted molar refractivity (Wildman–Crippen MR) is 147 cm³/mol. The monoisotopic (exact) mass is 665 g/mol. The van der Waals surface area contributed by atoms with Crippen molar-refractivity contribution in [2.75, 3.05) is 12.4 Å². The summed E-state index contributed by atoms with van der Waals surface area (Å²) in [4.78, 5) is 24.8. The molecule has 3 aromatic rings. The van der Waals surface area contributed by atoms with Crippen molar-refractivity contribution in [1.29, 1.82) is 0 Å². The molecule has 0 aliphatic rings. The molecule has 10 heteroatoms. The summed E-state index contributed by atoms with van der Waals surface area (Å²) in [5.74, 6) is -0.873. The molecule has 0 radical (unpaired) electrons. The number of hydrogen-bond donors (Lipinski definition) is 2. The molecule has 0 aliphatic heterocycles. The van der Waals surface area contributed by atoms with Gasteiger partial charge in [-0.3, -0.25) is 9.59 Å². The van der Waals surface area contributed by atoms with E-state index in [0.29, 0.717) is 33.8 Å². The third-order valence-corrected chi connectivity index (χ3v) is 6.66. The number of anilines is 1. The second-order valence-electron chi connectivity index (χ2n) is 7.37. The van der Waals surface area contributed by atoms with E-state index in [1.54, 1.807) is 37.4 Å². The summed E-state index contributed by atoms with van der Waals surface area (Å²) >= 11 is 10.3. The van der Waals surface area contributed by atoms with Crippen LogP contribution in [0.25, 0.3) is 0 Å². The van der Waals surface area contributed by atoms with E-state index in [0.717, 1.165) is 14.5 Å². The molecule has 0 saturated heterocycles. The Hall–Kier alpha value is -2.69. The van der Waals surface area contributed by atoms with Gasteiger partial charge in [0.1, 0.15) is 12.5 Å². The summed E-state index contributed by atoms with van der Waals surface area (Å²) in [5.41, 5.74) is 4.66. The molecule has 1 atom stereocenters.